The van der Waals surface area contributed by atoms with Crippen LogP contribution < -0.4 is 0 Å². The van der Waals surface area contributed by atoms with Gasteiger partial charge in [-0.1, -0.05) is 35.9 Å². The molecule has 0 aliphatic carbocycles. The topological polar surface area (TPSA) is 29.5 Å². The van der Waals surface area contributed by atoms with Crippen LogP contribution in [0.1, 0.15) is 34.3 Å². The summed E-state index contributed by atoms with van der Waals surface area (Å²) in [6.07, 6.45) is 1.64. The van der Waals surface area contributed by atoms with Crippen LogP contribution >= 0.6 is 0 Å². The molecule has 1 heterocycles. The van der Waals surface area contributed by atoms with Crippen LogP contribution in [0.15, 0.2) is 48.5 Å². The van der Waals surface area contributed by atoms with Crippen LogP contribution in [0.3, 0.4) is 0 Å². The van der Waals surface area contributed by atoms with Crippen molar-refractivity contribution in [3.63, 3.8) is 0 Å². The first-order valence-electron chi connectivity index (χ1n) is 8.34. The molecule has 0 aromatic heterocycles. The average Bonchev–Trinajstić information content (AvgIpc) is 2.62. The fourth-order valence-electron chi connectivity index (χ4n) is 2.93. The van der Waals surface area contributed by atoms with E-state index in [-0.39, 0.29) is 24.4 Å². The summed E-state index contributed by atoms with van der Waals surface area (Å²) in [6, 6.07) is 14.3. The second-order valence-corrected chi connectivity index (χ2v) is 6.26. The Hall–Kier alpha value is -2.20. The molecule has 24 heavy (non-hydrogen) atoms. The van der Waals surface area contributed by atoms with E-state index in [2.05, 4.69) is 0 Å². The van der Waals surface area contributed by atoms with E-state index in [1.807, 2.05) is 42.2 Å². The molecule has 3 rings (SSSR count). The molecule has 0 radical (unpaired) electrons. The molecule has 2 aromatic rings. The van der Waals surface area contributed by atoms with Crippen LogP contribution in [0.5, 0.6) is 0 Å². The van der Waals surface area contributed by atoms with Crippen LogP contribution in [-0.4, -0.2) is 30.0 Å². The molecule has 1 fully saturated rings. The number of aryl methyl sites for hydroxylation is 1. The largest absolute Gasteiger partial charge is 0.373 e. The van der Waals surface area contributed by atoms with Gasteiger partial charge < -0.3 is 9.64 Å². The van der Waals surface area contributed by atoms with Gasteiger partial charge in [-0.2, -0.15) is 0 Å². The monoisotopic (exact) mass is 327 g/mol. The van der Waals surface area contributed by atoms with Gasteiger partial charge in [0.25, 0.3) is 5.91 Å². The normalized spacial score (nSPS) is 15.5. The number of nitrogens with zero attached hydrogens (tertiary/aromatic N) is 1. The van der Waals surface area contributed by atoms with Crippen molar-refractivity contribution in [1.82, 2.24) is 4.90 Å². The predicted molar refractivity (Wildman–Crippen MR) is 91.3 cm³/mol. The van der Waals surface area contributed by atoms with Gasteiger partial charge in [0.15, 0.2) is 0 Å². The highest BCUT2D eigenvalue weighted by Gasteiger charge is 2.24. The van der Waals surface area contributed by atoms with Crippen molar-refractivity contribution in [3.05, 3.63) is 71.0 Å². The van der Waals surface area contributed by atoms with E-state index >= 15 is 0 Å². The molecule has 0 saturated carbocycles. The van der Waals surface area contributed by atoms with Crippen molar-refractivity contribution in [2.24, 2.45) is 0 Å². The van der Waals surface area contributed by atoms with E-state index in [1.165, 1.54) is 6.07 Å². The number of piperidine rings is 1. The summed E-state index contributed by atoms with van der Waals surface area (Å²) in [5.41, 5.74) is 2.45. The van der Waals surface area contributed by atoms with E-state index in [1.54, 1.807) is 12.1 Å². The van der Waals surface area contributed by atoms with Crippen LogP contribution in [-0.2, 0) is 11.3 Å². The second-order valence-electron chi connectivity index (χ2n) is 6.26. The third kappa shape index (κ3) is 4.01. The standard InChI is InChI=1S/C20H22FNO2/c1-15-6-8-16(9-7-15)20(23)22-12-10-18(11-13-22)24-14-17-4-2-3-5-19(17)21/h2-9,18H,10-14H2,1H3. The van der Waals surface area contributed by atoms with Gasteiger partial charge >= 0.3 is 0 Å². The van der Waals surface area contributed by atoms with E-state index < -0.39 is 0 Å². The lowest BCUT2D eigenvalue weighted by atomic mass is 10.1. The van der Waals surface area contributed by atoms with Crippen LogP contribution in [0.25, 0.3) is 0 Å². The Balaban J connectivity index is 1.49. The zero-order chi connectivity index (χ0) is 16.9. The molecule has 4 heteroatoms. The highest BCUT2D eigenvalue weighted by Crippen LogP contribution is 2.19. The number of ether oxygens (including phenoxy) is 1. The zero-order valence-electron chi connectivity index (χ0n) is 13.9. The van der Waals surface area contributed by atoms with Gasteiger partial charge in [0.1, 0.15) is 5.82 Å². The molecule has 3 nitrogen and oxygen atoms in total. The van der Waals surface area contributed by atoms with Gasteiger partial charge in [-0.05, 0) is 38.0 Å². The molecule has 1 saturated heterocycles. The van der Waals surface area contributed by atoms with Gasteiger partial charge in [0, 0.05) is 24.2 Å². The Morgan fingerprint density at radius 2 is 1.79 bits per heavy atom. The maximum Gasteiger partial charge on any atom is 0.253 e. The molecular weight excluding hydrogens is 305 g/mol. The summed E-state index contributed by atoms with van der Waals surface area (Å²) in [4.78, 5) is 14.3. The predicted octanol–water partition coefficient (Wildman–Crippen LogP) is 3.96. The van der Waals surface area contributed by atoms with E-state index in [4.69, 9.17) is 4.74 Å². The first kappa shape index (κ1) is 16.7. The zero-order valence-corrected chi connectivity index (χ0v) is 13.9. The van der Waals surface area contributed by atoms with Crippen LogP contribution in [0.4, 0.5) is 4.39 Å². The van der Waals surface area contributed by atoms with Crippen molar-refractivity contribution >= 4 is 5.91 Å². The van der Waals surface area contributed by atoms with Gasteiger partial charge in [0.2, 0.25) is 0 Å². The lowest BCUT2D eigenvalue weighted by molar-refractivity contribution is -0.00131. The van der Waals surface area contributed by atoms with E-state index in [9.17, 15) is 9.18 Å². The number of benzene rings is 2. The lowest BCUT2D eigenvalue weighted by Gasteiger charge is -2.32. The molecule has 0 bridgehead atoms. The molecule has 1 aliphatic heterocycles. The lowest BCUT2D eigenvalue weighted by Crippen LogP contribution is -2.40. The first-order chi connectivity index (χ1) is 11.6. The smallest absolute Gasteiger partial charge is 0.253 e. The Bertz CT molecular complexity index is 691. The summed E-state index contributed by atoms with van der Waals surface area (Å²) in [6.45, 7) is 3.64. The number of hydrogen-bond acceptors (Lipinski definition) is 2. The highest BCUT2D eigenvalue weighted by atomic mass is 19.1. The Kier molecular flexibility index (Phi) is 5.26. The Labute approximate surface area is 142 Å². The fraction of sp³-hybridized carbons (Fsp3) is 0.350. The number of carbonyl (C=O) groups excluding carboxylic acids is 1. The third-order valence-electron chi connectivity index (χ3n) is 4.46. The van der Waals surface area contributed by atoms with Crippen molar-refractivity contribution < 1.29 is 13.9 Å². The number of carbonyl (C=O) groups is 1. The van der Waals surface area contributed by atoms with Gasteiger partial charge in [-0.3, -0.25) is 4.79 Å². The van der Waals surface area contributed by atoms with E-state index in [0.717, 1.165) is 24.0 Å². The SMILES string of the molecule is Cc1ccc(C(=O)N2CCC(OCc3ccccc3F)CC2)cc1. The summed E-state index contributed by atoms with van der Waals surface area (Å²) in [7, 11) is 0. The summed E-state index contributed by atoms with van der Waals surface area (Å²) < 4.78 is 19.4. The quantitative estimate of drug-likeness (QED) is 0.851. The molecule has 126 valence electrons. The van der Waals surface area contributed by atoms with Gasteiger partial charge in [-0.15, -0.1) is 0 Å². The molecule has 0 unspecified atom stereocenters. The van der Waals surface area contributed by atoms with Gasteiger partial charge in [0.05, 0.1) is 12.7 Å². The molecule has 0 spiro atoms. The number of rotatable bonds is 4. The van der Waals surface area contributed by atoms with Crippen molar-refractivity contribution in [2.45, 2.75) is 32.5 Å². The summed E-state index contributed by atoms with van der Waals surface area (Å²) in [5, 5.41) is 0. The number of hydrogen-bond donors (Lipinski definition) is 0. The summed E-state index contributed by atoms with van der Waals surface area (Å²) in [5.74, 6) is -0.160. The number of amides is 1. The minimum absolute atomic E-state index is 0.0718. The average molecular weight is 327 g/mol. The van der Waals surface area contributed by atoms with Crippen molar-refractivity contribution in [1.29, 1.82) is 0 Å². The fourth-order valence-corrected chi connectivity index (χ4v) is 2.93. The van der Waals surface area contributed by atoms with Crippen molar-refractivity contribution in [3.8, 4) is 0 Å². The number of halogens is 1. The maximum atomic E-state index is 13.6. The van der Waals surface area contributed by atoms with Crippen molar-refractivity contribution in [2.75, 3.05) is 13.1 Å². The molecular formula is C20H22FNO2. The second kappa shape index (κ2) is 7.58. The highest BCUT2D eigenvalue weighted by molar-refractivity contribution is 5.94. The van der Waals surface area contributed by atoms with E-state index in [0.29, 0.717) is 18.7 Å². The first-order valence-corrected chi connectivity index (χ1v) is 8.34. The van der Waals surface area contributed by atoms with Gasteiger partial charge in [-0.25, -0.2) is 4.39 Å². The Morgan fingerprint density at radius 3 is 2.46 bits per heavy atom. The molecule has 0 atom stereocenters. The molecule has 1 aliphatic rings. The Morgan fingerprint density at radius 1 is 1.12 bits per heavy atom. The number of likely N-dealkylation sites (tertiary alicyclic amines) is 1. The molecule has 2 aromatic carbocycles. The maximum absolute atomic E-state index is 13.6. The molecule has 1 amide bonds. The minimum Gasteiger partial charge on any atom is -0.373 e. The minimum atomic E-state index is -0.232. The third-order valence-corrected chi connectivity index (χ3v) is 4.46. The van der Waals surface area contributed by atoms with Crippen LogP contribution in [0.2, 0.25) is 0 Å². The van der Waals surface area contributed by atoms with Crippen LogP contribution in [0, 0.1) is 12.7 Å². The molecule has 0 N–H and O–H groups in total. The summed E-state index contributed by atoms with van der Waals surface area (Å²) >= 11 is 0.